The first-order valence-electron chi connectivity index (χ1n) is 13.1. The summed E-state index contributed by atoms with van der Waals surface area (Å²) < 4.78 is 83.0. The SMILES string of the molecule is CCS(=O)(=O)Cc1cccc(S(=O)(=O)NC(=O)c2c(-c3ccc[nH]c3=O)c3cc(Cl)ccc3n2Cc2ccc(F)cc2F)c1. The lowest BCUT2D eigenvalue weighted by Crippen LogP contribution is -2.33. The summed E-state index contributed by atoms with van der Waals surface area (Å²) >= 11 is 6.28. The molecule has 0 aliphatic heterocycles. The molecule has 0 unspecified atom stereocenters. The van der Waals surface area contributed by atoms with Gasteiger partial charge >= 0.3 is 0 Å². The average Bonchev–Trinajstić information content (AvgIpc) is 3.27. The number of nitrogens with zero attached hydrogens (tertiary/aromatic N) is 1. The number of halogens is 3. The molecular formula is C30H24ClF2N3O6S2. The maximum absolute atomic E-state index is 14.8. The highest BCUT2D eigenvalue weighted by atomic mass is 35.5. The second kappa shape index (κ2) is 12.0. The number of sulfone groups is 1. The van der Waals surface area contributed by atoms with Crippen molar-refractivity contribution in [1.82, 2.24) is 14.3 Å². The molecule has 2 N–H and O–H groups in total. The van der Waals surface area contributed by atoms with Gasteiger partial charge in [-0.3, -0.25) is 9.59 Å². The minimum Gasteiger partial charge on any atom is -0.331 e. The zero-order valence-corrected chi connectivity index (χ0v) is 25.4. The summed E-state index contributed by atoms with van der Waals surface area (Å²) in [6.45, 7) is 1.12. The second-order valence-corrected chi connectivity index (χ2v) is 14.4. The number of amides is 1. The number of rotatable bonds is 9. The van der Waals surface area contributed by atoms with E-state index in [1.165, 1.54) is 72.3 Å². The molecule has 0 atom stereocenters. The van der Waals surface area contributed by atoms with Crippen LogP contribution in [0.2, 0.25) is 5.02 Å². The van der Waals surface area contributed by atoms with Crippen molar-refractivity contribution in [2.24, 2.45) is 0 Å². The van der Waals surface area contributed by atoms with Gasteiger partial charge in [0.15, 0.2) is 9.84 Å². The van der Waals surface area contributed by atoms with Gasteiger partial charge in [0.05, 0.1) is 17.2 Å². The van der Waals surface area contributed by atoms with Gasteiger partial charge in [0.1, 0.15) is 17.3 Å². The quantitative estimate of drug-likeness (QED) is 0.228. The number of pyridine rings is 1. The first-order valence-corrected chi connectivity index (χ1v) is 16.8. The molecule has 44 heavy (non-hydrogen) atoms. The summed E-state index contributed by atoms with van der Waals surface area (Å²) in [5, 5.41) is 0.542. The number of hydrogen-bond donors (Lipinski definition) is 2. The van der Waals surface area contributed by atoms with E-state index in [1.54, 1.807) is 0 Å². The highest BCUT2D eigenvalue weighted by molar-refractivity contribution is 7.90. The van der Waals surface area contributed by atoms with E-state index in [0.717, 1.165) is 12.1 Å². The topological polar surface area (TPSA) is 135 Å². The van der Waals surface area contributed by atoms with Crippen LogP contribution in [-0.4, -0.2) is 38.0 Å². The lowest BCUT2D eigenvalue weighted by molar-refractivity contribution is 0.0974. The molecule has 0 aliphatic carbocycles. The van der Waals surface area contributed by atoms with Gasteiger partial charge in [0.25, 0.3) is 21.5 Å². The van der Waals surface area contributed by atoms with E-state index in [1.807, 2.05) is 4.72 Å². The lowest BCUT2D eigenvalue weighted by Gasteiger charge is -2.14. The molecule has 228 valence electrons. The van der Waals surface area contributed by atoms with Gasteiger partial charge in [0, 0.05) is 50.6 Å². The first kappa shape index (κ1) is 31.1. The van der Waals surface area contributed by atoms with E-state index >= 15 is 0 Å². The number of carbonyl (C=O) groups is 1. The number of H-pyrrole nitrogens is 1. The van der Waals surface area contributed by atoms with Gasteiger partial charge in [-0.15, -0.1) is 0 Å². The normalized spacial score (nSPS) is 12.0. The molecule has 3 aromatic carbocycles. The van der Waals surface area contributed by atoms with Crippen molar-refractivity contribution in [2.45, 2.75) is 24.1 Å². The van der Waals surface area contributed by atoms with Crippen molar-refractivity contribution in [3.05, 3.63) is 123 Å². The molecule has 0 aliphatic rings. The highest BCUT2D eigenvalue weighted by Gasteiger charge is 2.29. The summed E-state index contributed by atoms with van der Waals surface area (Å²) in [4.78, 5) is 29.1. The third-order valence-electron chi connectivity index (χ3n) is 6.93. The molecule has 2 heterocycles. The standard InChI is InChI=1S/C30H24ClF2N3O6S2/c1-2-43(39,40)17-18-5-3-6-22(13-18)44(41,42)35-30(38)28-27(23-7-4-12-34-29(23)37)24-14-20(31)9-11-26(24)36(28)16-19-8-10-21(32)15-25(19)33/h3-15H,2,16-17H2,1H3,(H,34,37)(H,35,38). The maximum atomic E-state index is 14.8. The lowest BCUT2D eigenvalue weighted by atomic mass is 10.0. The maximum Gasteiger partial charge on any atom is 0.282 e. The molecule has 0 saturated heterocycles. The van der Waals surface area contributed by atoms with Crippen molar-refractivity contribution < 1.29 is 30.4 Å². The Labute approximate surface area is 256 Å². The molecule has 1 amide bonds. The molecule has 5 rings (SSSR count). The van der Waals surface area contributed by atoms with Crippen molar-refractivity contribution in [2.75, 3.05) is 5.75 Å². The minimum atomic E-state index is -4.59. The monoisotopic (exact) mass is 659 g/mol. The van der Waals surface area contributed by atoms with Crippen molar-refractivity contribution in [1.29, 1.82) is 0 Å². The van der Waals surface area contributed by atoms with Gasteiger partial charge in [-0.1, -0.05) is 36.7 Å². The van der Waals surface area contributed by atoms with Crippen LogP contribution in [0.15, 0.2) is 88.7 Å². The largest absolute Gasteiger partial charge is 0.331 e. The number of benzene rings is 3. The summed E-state index contributed by atoms with van der Waals surface area (Å²) in [5.41, 5.74) is -0.375. The van der Waals surface area contributed by atoms with Crippen LogP contribution in [-0.2, 0) is 32.2 Å². The van der Waals surface area contributed by atoms with Crippen molar-refractivity contribution >= 4 is 48.3 Å². The van der Waals surface area contributed by atoms with Gasteiger partial charge in [-0.25, -0.2) is 30.3 Å². The highest BCUT2D eigenvalue weighted by Crippen LogP contribution is 2.36. The molecular weight excluding hydrogens is 636 g/mol. The summed E-state index contributed by atoms with van der Waals surface area (Å²) in [6.07, 6.45) is 1.38. The van der Waals surface area contributed by atoms with Crippen LogP contribution in [0, 0.1) is 11.6 Å². The van der Waals surface area contributed by atoms with Gasteiger partial charge < -0.3 is 9.55 Å². The molecule has 14 heteroatoms. The molecule has 5 aromatic rings. The third kappa shape index (κ3) is 6.30. The van der Waals surface area contributed by atoms with Crippen LogP contribution in [0.5, 0.6) is 0 Å². The molecule has 0 bridgehead atoms. The van der Waals surface area contributed by atoms with Gasteiger partial charge in [-0.2, -0.15) is 0 Å². The number of fused-ring (bicyclic) bond motifs is 1. The summed E-state index contributed by atoms with van der Waals surface area (Å²) in [7, 11) is -8.08. The molecule has 0 fully saturated rings. The fraction of sp³-hybridized carbons (Fsp3) is 0.133. The predicted octanol–water partition coefficient (Wildman–Crippen LogP) is 5.03. The summed E-state index contributed by atoms with van der Waals surface area (Å²) in [6, 6.07) is 15.5. The number of aromatic nitrogens is 2. The fourth-order valence-electron chi connectivity index (χ4n) is 4.83. The Hall–Kier alpha value is -4.33. The van der Waals surface area contributed by atoms with E-state index in [9.17, 15) is 35.2 Å². The second-order valence-electron chi connectivity index (χ2n) is 9.88. The van der Waals surface area contributed by atoms with Crippen LogP contribution in [0.3, 0.4) is 0 Å². The average molecular weight is 660 g/mol. The van der Waals surface area contributed by atoms with E-state index in [4.69, 9.17) is 11.6 Å². The number of aromatic amines is 1. The Bertz CT molecular complexity index is 2210. The number of hydrogen-bond acceptors (Lipinski definition) is 6. The Balaban J connectivity index is 1.70. The van der Waals surface area contributed by atoms with Gasteiger partial charge in [-0.05, 0) is 54.1 Å². The molecule has 2 aromatic heterocycles. The third-order valence-corrected chi connectivity index (χ3v) is 10.2. The number of nitrogens with one attached hydrogen (secondary N) is 2. The molecule has 9 nitrogen and oxygen atoms in total. The number of sulfonamides is 1. The number of carbonyl (C=O) groups excluding carboxylic acids is 1. The first-order chi connectivity index (χ1) is 20.8. The van der Waals surface area contributed by atoms with E-state index < -0.39 is 48.7 Å². The Kier molecular flexibility index (Phi) is 8.47. The van der Waals surface area contributed by atoms with Crippen molar-refractivity contribution in [3.8, 4) is 11.1 Å². The van der Waals surface area contributed by atoms with Crippen LogP contribution >= 0.6 is 11.6 Å². The van der Waals surface area contributed by atoms with E-state index in [-0.39, 0.29) is 50.2 Å². The fourth-order valence-corrected chi connectivity index (χ4v) is 6.91. The zero-order chi connectivity index (χ0) is 31.8. The molecule has 0 radical (unpaired) electrons. The van der Waals surface area contributed by atoms with E-state index in [2.05, 4.69) is 4.98 Å². The molecule has 0 saturated carbocycles. The van der Waals surface area contributed by atoms with Crippen LogP contribution < -0.4 is 10.3 Å². The van der Waals surface area contributed by atoms with Crippen LogP contribution in [0.1, 0.15) is 28.5 Å². The van der Waals surface area contributed by atoms with Gasteiger partial charge in [0.2, 0.25) is 0 Å². The van der Waals surface area contributed by atoms with Crippen LogP contribution in [0.4, 0.5) is 8.78 Å². The van der Waals surface area contributed by atoms with Crippen molar-refractivity contribution in [3.63, 3.8) is 0 Å². The Morgan fingerprint density at radius 3 is 2.45 bits per heavy atom. The summed E-state index contributed by atoms with van der Waals surface area (Å²) in [5.74, 6) is -3.43. The predicted molar refractivity (Wildman–Crippen MR) is 163 cm³/mol. The zero-order valence-electron chi connectivity index (χ0n) is 23.0. The van der Waals surface area contributed by atoms with E-state index in [0.29, 0.717) is 17.0 Å². The minimum absolute atomic E-state index is 0.00686. The Morgan fingerprint density at radius 1 is 0.977 bits per heavy atom. The van der Waals surface area contributed by atoms with Crippen LogP contribution in [0.25, 0.3) is 22.0 Å². The smallest absolute Gasteiger partial charge is 0.282 e. The Morgan fingerprint density at radius 2 is 1.75 bits per heavy atom. The molecule has 0 spiro atoms.